The first-order chi connectivity index (χ1) is 10.7. The van der Waals surface area contributed by atoms with E-state index in [1.165, 1.54) is 43.5 Å². The molecular formula is C17H25N3OS. The second kappa shape index (κ2) is 5.93. The molecule has 120 valence electrons. The maximum absolute atomic E-state index is 12.6. The first-order valence-electron chi connectivity index (χ1n) is 8.73. The number of fused-ring (bicyclic) bond motifs is 2. The lowest BCUT2D eigenvalue weighted by atomic mass is 10.00. The Balaban J connectivity index is 1.43. The van der Waals surface area contributed by atoms with Crippen LogP contribution >= 0.6 is 11.3 Å². The zero-order chi connectivity index (χ0) is 15.1. The number of nitrogens with one attached hydrogen (secondary N) is 2. The lowest BCUT2D eigenvalue weighted by molar-refractivity contribution is 0.0927. The van der Waals surface area contributed by atoms with Crippen molar-refractivity contribution in [3.8, 4) is 0 Å². The molecule has 22 heavy (non-hydrogen) atoms. The van der Waals surface area contributed by atoms with Crippen molar-refractivity contribution in [2.24, 2.45) is 0 Å². The van der Waals surface area contributed by atoms with Crippen LogP contribution in [-0.4, -0.2) is 29.0 Å². The van der Waals surface area contributed by atoms with Crippen LogP contribution in [0.15, 0.2) is 0 Å². The molecule has 5 heteroatoms. The van der Waals surface area contributed by atoms with Gasteiger partial charge in [0.15, 0.2) is 0 Å². The van der Waals surface area contributed by atoms with Crippen molar-refractivity contribution in [2.75, 3.05) is 0 Å². The highest BCUT2D eigenvalue weighted by molar-refractivity contribution is 7.13. The maximum atomic E-state index is 12.6. The minimum atomic E-state index is 0.102. The van der Waals surface area contributed by atoms with Crippen molar-refractivity contribution in [3.05, 3.63) is 15.6 Å². The molecule has 2 bridgehead atoms. The molecule has 1 saturated carbocycles. The Morgan fingerprint density at radius 3 is 2.55 bits per heavy atom. The molecule has 0 radical (unpaired) electrons. The van der Waals surface area contributed by atoms with Crippen LogP contribution in [0.3, 0.4) is 0 Å². The van der Waals surface area contributed by atoms with Crippen molar-refractivity contribution in [2.45, 2.75) is 82.3 Å². The number of carbonyl (C=O) groups is 1. The van der Waals surface area contributed by atoms with Gasteiger partial charge in [-0.2, -0.15) is 0 Å². The molecule has 2 aliphatic heterocycles. The number of aryl methyl sites for hydroxylation is 1. The quantitative estimate of drug-likeness (QED) is 0.900. The van der Waals surface area contributed by atoms with E-state index in [9.17, 15) is 4.79 Å². The second-order valence-corrected chi connectivity index (χ2v) is 8.26. The van der Waals surface area contributed by atoms with Crippen molar-refractivity contribution in [1.82, 2.24) is 15.6 Å². The van der Waals surface area contributed by atoms with Crippen LogP contribution in [0, 0.1) is 6.92 Å². The van der Waals surface area contributed by atoms with E-state index in [4.69, 9.17) is 4.98 Å². The van der Waals surface area contributed by atoms with Crippen LogP contribution in [-0.2, 0) is 0 Å². The molecule has 3 heterocycles. The van der Waals surface area contributed by atoms with Crippen LogP contribution in [0.2, 0.25) is 0 Å². The van der Waals surface area contributed by atoms with E-state index < -0.39 is 0 Å². The van der Waals surface area contributed by atoms with Gasteiger partial charge in [-0.25, -0.2) is 4.98 Å². The second-order valence-electron chi connectivity index (χ2n) is 7.23. The normalized spacial score (nSPS) is 31.6. The van der Waals surface area contributed by atoms with Gasteiger partial charge in [0.2, 0.25) is 0 Å². The van der Waals surface area contributed by atoms with E-state index in [2.05, 4.69) is 10.6 Å². The molecule has 3 aliphatic rings. The first-order valence-corrected chi connectivity index (χ1v) is 9.55. The molecule has 1 aromatic heterocycles. The monoisotopic (exact) mass is 319 g/mol. The van der Waals surface area contributed by atoms with Crippen LogP contribution in [0.25, 0.3) is 0 Å². The van der Waals surface area contributed by atoms with Crippen LogP contribution < -0.4 is 10.6 Å². The predicted molar refractivity (Wildman–Crippen MR) is 88.5 cm³/mol. The summed E-state index contributed by atoms with van der Waals surface area (Å²) in [5.41, 5.74) is 0.918. The van der Waals surface area contributed by atoms with Gasteiger partial charge in [0, 0.05) is 24.0 Å². The Bertz CT molecular complexity index is 552. The average Bonchev–Trinajstić information content (AvgIpc) is 3.19. The Kier molecular flexibility index (Phi) is 3.95. The fourth-order valence-electron chi connectivity index (χ4n) is 4.40. The fraction of sp³-hybridized carbons (Fsp3) is 0.765. The van der Waals surface area contributed by atoms with E-state index >= 15 is 0 Å². The number of hydrogen-bond donors (Lipinski definition) is 2. The fourth-order valence-corrected chi connectivity index (χ4v) is 5.54. The molecule has 2 saturated heterocycles. The molecule has 0 aromatic carbocycles. The van der Waals surface area contributed by atoms with Gasteiger partial charge in [0.05, 0.1) is 10.7 Å². The van der Waals surface area contributed by atoms with Crippen LogP contribution in [0.4, 0.5) is 0 Å². The molecular weight excluding hydrogens is 294 g/mol. The third-order valence-corrected chi connectivity index (χ3v) is 6.85. The summed E-state index contributed by atoms with van der Waals surface area (Å²) in [7, 11) is 0. The highest BCUT2D eigenvalue weighted by atomic mass is 32.1. The summed E-state index contributed by atoms with van der Waals surface area (Å²) < 4.78 is 0. The molecule has 1 amide bonds. The molecule has 3 fully saturated rings. The lowest BCUT2D eigenvalue weighted by Crippen LogP contribution is -2.48. The number of nitrogens with zero attached hydrogens (tertiary/aromatic N) is 1. The minimum absolute atomic E-state index is 0.102. The predicted octanol–water partition coefficient (Wildman–Crippen LogP) is 3.12. The zero-order valence-electron chi connectivity index (χ0n) is 13.2. The van der Waals surface area contributed by atoms with E-state index in [0.29, 0.717) is 24.0 Å². The highest BCUT2D eigenvalue weighted by Gasteiger charge is 2.34. The molecule has 0 spiro atoms. The van der Waals surface area contributed by atoms with E-state index in [-0.39, 0.29) is 5.91 Å². The molecule has 4 nitrogen and oxygen atoms in total. The van der Waals surface area contributed by atoms with Crippen molar-refractivity contribution < 1.29 is 4.79 Å². The summed E-state index contributed by atoms with van der Waals surface area (Å²) in [6, 6.07) is 1.56. The summed E-state index contributed by atoms with van der Waals surface area (Å²) in [5.74, 6) is 0.700. The van der Waals surface area contributed by atoms with Crippen molar-refractivity contribution in [1.29, 1.82) is 0 Å². The van der Waals surface area contributed by atoms with Crippen LogP contribution in [0.5, 0.6) is 0 Å². The standard InChI is InChI=1S/C17H25N3OS/c1-10-15(22-17(18-10)11-4-2-3-5-11)16(21)20-14-8-12-6-7-13(9-14)19-12/h11-14,19H,2-9H2,1H3,(H,20,21). The number of rotatable bonds is 3. The van der Waals surface area contributed by atoms with Crippen molar-refractivity contribution >= 4 is 17.2 Å². The summed E-state index contributed by atoms with van der Waals surface area (Å²) in [4.78, 5) is 18.2. The van der Waals surface area contributed by atoms with Gasteiger partial charge in [0.1, 0.15) is 4.88 Å². The Labute approximate surface area is 136 Å². The largest absolute Gasteiger partial charge is 0.348 e. The number of hydrogen-bond acceptors (Lipinski definition) is 4. The number of piperidine rings is 1. The zero-order valence-corrected chi connectivity index (χ0v) is 14.0. The smallest absolute Gasteiger partial charge is 0.263 e. The van der Waals surface area contributed by atoms with Gasteiger partial charge in [-0.1, -0.05) is 12.8 Å². The van der Waals surface area contributed by atoms with E-state index in [1.54, 1.807) is 11.3 Å². The molecule has 2 N–H and O–H groups in total. The SMILES string of the molecule is Cc1nc(C2CCCC2)sc1C(=O)NC1CC2CCC(C1)N2. The van der Waals surface area contributed by atoms with Gasteiger partial charge in [-0.05, 0) is 45.4 Å². The third kappa shape index (κ3) is 2.81. The molecule has 1 aromatic rings. The molecule has 2 unspecified atom stereocenters. The van der Waals surface area contributed by atoms with Gasteiger partial charge in [-0.3, -0.25) is 4.79 Å². The minimum Gasteiger partial charge on any atom is -0.348 e. The van der Waals surface area contributed by atoms with Crippen molar-refractivity contribution in [3.63, 3.8) is 0 Å². The van der Waals surface area contributed by atoms with E-state index in [0.717, 1.165) is 23.4 Å². The van der Waals surface area contributed by atoms with E-state index in [1.807, 2.05) is 6.92 Å². The van der Waals surface area contributed by atoms with Gasteiger partial charge < -0.3 is 10.6 Å². The summed E-state index contributed by atoms with van der Waals surface area (Å²) in [6.07, 6.45) is 9.79. The van der Waals surface area contributed by atoms with Gasteiger partial charge >= 0.3 is 0 Å². The van der Waals surface area contributed by atoms with Crippen LogP contribution in [0.1, 0.15) is 77.7 Å². The Morgan fingerprint density at radius 1 is 1.18 bits per heavy atom. The third-order valence-electron chi connectivity index (χ3n) is 5.53. The average molecular weight is 319 g/mol. The number of aromatic nitrogens is 1. The number of carbonyl (C=O) groups excluding carboxylic acids is 1. The van der Waals surface area contributed by atoms with Gasteiger partial charge in [-0.15, -0.1) is 11.3 Å². The summed E-state index contributed by atoms with van der Waals surface area (Å²) in [5, 5.41) is 8.08. The molecule has 2 atom stereocenters. The Morgan fingerprint density at radius 2 is 1.86 bits per heavy atom. The summed E-state index contributed by atoms with van der Waals surface area (Å²) in [6.45, 7) is 1.98. The number of amides is 1. The Hall–Kier alpha value is -0.940. The maximum Gasteiger partial charge on any atom is 0.263 e. The first kappa shape index (κ1) is 14.6. The summed E-state index contributed by atoms with van der Waals surface area (Å²) >= 11 is 1.63. The number of thiazole rings is 1. The van der Waals surface area contributed by atoms with Gasteiger partial charge in [0.25, 0.3) is 5.91 Å². The highest BCUT2D eigenvalue weighted by Crippen LogP contribution is 2.37. The molecule has 4 rings (SSSR count). The lowest BCUT2D eigenvalue weighted by Gasteiger charge is -2.29. The topological polar surface area (TPSA) is 54.0 Å². The molecule has 1 aliphatic carbocycles.